The zero-order valence-corrected chi connectivity index (χ0v) is 14.2. The second-order valence-electron chi connectivity index (χ2n) is 6.31. The van der Waals surface area contributed by atoms with Gasteiger partial charge >= 0.3 is 0 Å². The Hall–Kier alpha value is -2.24. The predicted octanol–water partition coefficient (Wildman–Crippen LogP) is 1.90. The van der Waals surface area contributed by atoms with Crippen LogP contribution in [-0.4, -0.2) is 31.1 Å². The van der Waals surface area contributed by atoms with Crippen LogP contribution in [0.2, 0.25) is 0 Å². The molecule has 0 radical (unpaired) electrons. The summed E-state index contributed by atoms with van der Waals surface area (Å²) in [6.45, 7) is 5.69. The fourth-order valence-corrected chi connectivity index (χ4v) is 2.36. The molecule has 0 spiro atoms. The van der Waals surface area contributed by atoms with Crippen molar-refractivity contribution in [1.82, 2.24) is 19.5 Å². The first-order chi connectivity index (χ1) is 10.9. The van der Waals surface area contributed by atoms with E-state index in [2.05, 4.69) is 15.0 Å². The van der Waals surface area contributed by atoms with Gasteiger partial charge in [-0.25, -0.2) is 9.97 Å². The normalized spacial score (nSPS) is 12.6. The molecule has 2 aromatic heterocycles. The Kier molecular flexibility index (Phi) is 5.47. The zero-order valence-electron chi connectivity index (χ0n) is 14.2. The van der Waals surface area contributed by atoms with Crippen LogP contribution in [0, 0.1) is 11.8 Å². The molecule has 1 unspecified atom stereocenters. The quantitative estimate of drug-likeness (QED) is 0.806. The number of nitrogens with zero attached hydrogens (tertiary/aromatic N) is 3. The minimum Gasteiger partial charge on any atom is -0.348 e. The molecule has 0 amide bonds. The molecule has 0 saturated heterocycles. The zero-order chi connectivity index (χ0) is 17.0. The lowest BCUT2D eigenvalue weighted by molar-refractivity contribution is -0.122. The number of aromatic amines is 1. The molecule has 2 heterocycles. The van der Waals surface area contributed by atoms with Gasteiger partial charge in [-0.2, -0.15) is 0 Å². The van der Waals surface area contributed by atoms with Crippen molar-refractivity contribution >= 4 is 11.6 Å². The predicted molar refractivity (Wildman–Crippen MR) is 86.9 cm³/mol. The van der Waals surface area contributed by atoms with Crippen molar-refractivity contribution in [2.75, 3.05) is 0 Å². The van der Waals surface area contributed by atoms with Crippen LogP contribution < -0.4 is 0 Å². The van der Waals surface area contributed by atoms with Gasteiger partial charge in [-0.1, -0.05) is 20.8 Å². The van der Waals surface area contributed by atoms with Gasteiger partial charge in [0.25, 0.3) is 0 Å². The smallest absolute Gasteiger partial charge is 0.143 e. The van der Waals surface area contributed by atoms with Crippen LogP contribution in [0.4, 0.5) is 0 Å². The molecule has 1 atom stereocenters. The van der Waals surface area contributed by atoms with E-state index >= 15 is 0 Å². The number of hydrogen-bond acceptors (Lipinski definition) is 4. The number of Topliss-reactive ketones (excluding diaryl/α,β-unsaturated/α-hetero) is 2. The fourth-order valence-electron chi connectivity index (χ4n) is 2.36. The summed E-state index contributed by atoms with van der Waals surface area (Å²) in [5, 5.41) is 0. The lowest BCUT2D eigenvalue weighted by Crippen LogP contribution is -2.19. The largest absolute Gasteiger partial charge is 0.348 e. The highest BCUT2D eigenvalue weighted by Crippen LogP contribution is 2.14. The molecule has 2 rings (SSSR count). The number of H-pyrrole nitrogens is 1. The van der Waals surface area contributed by atoms with Crippen LogP contribution in [-0.2, 0) is 35.9 Å². The molecular formula is C17H24N4O2. The Morgan fingerprint density at radius 2 is 1.91 bits per heavy atom. The number of rotatable bonds is 8. The Bertz CT molecular complexity index is 671. The number of carbonyl (C=O) groups is 2. The maximum Gasteiger partial charge on any atom is 0.143 e. The minimum absolute atomic E-state index is 0.00365. The van der Waals surface area contributed by atoms with Gasteiger partial charge in [0.15, 0.2) is 0 Å². The van der Waals surface area contributed by atoms with Crippen molar-refractivity contribution in [2.45, 2.75) is 40.0 Å². The van der Waals surface area contributed by atoms with Gasteiger partial charge in [-0.05, 0) is 6.42 Å². The lowest BCUT2D eigenvalue weighted by atomic mass is 9.98. The number of imidazole rings is 2. The number of hydrogen-bond donors (Lipinski definition) is 1. The number of aromatic nitrogens is 4. The van der Waals surface area contributed by atoms with Crippen LogP contribution in [0.15, 0.2) is 18.6 Å². The molecule has 2 aromatic rings. The van der Waals surface area contributed by atoms with Gasteiger partial charge in [-0.3, -0.25) is 9.59 Å². The fraction of sp³-hybridized carbons (Fsp3) is 0.529. The summed E-state index contributed by atoms with van der Waals surface area (Å²) in [7, 11) is 1.90. The maximum absolute atomic E-state index is 12.3. The summed E-state index contributed by atoms with van der Waals surface area (Å²) in [6, 6.07) is 0. The average Bonchev–Trinajstić information content (AvgIpc) is 3.11. The van der Waals surface area contributed by atoms with Gasteiger partial charge in [0.05, 0.1) is 12.8 Å². The second kappa shape index (κ2) is 7.35. The van der Waals surface area contributed by atoms with Crippen LogP contribution in [0.1, 0.15) is 38.1 Å². The van der Waals surface area contributed by atoms with Crippen molar-refractivity contribution in [2.24, 2.45) is 18.9 Å². The van der Waals surface area contributed by atoms with E-state index in [0.717, 1.165) is 11.5 Å². The van der Waals surface area contributed by atoms with Crippen LogP contribution in [0.25, 0.3) is 0 Å². The molecular weight excluding hydrogens is 292 g/mol. The summed E-state index contributed by atoms with van der Waals surface area (Å²) in [5.41, 5.74) is 0.969. The number of carbonyl (C=O) groups excluding carboxylic acids is 2. The third kappa shape index (κ3) is 4.37. The van der Waals surface area contributed by atoms with E-state index in [4.69, 9.17) is 0 Å². The summed E-state index contributed by atoms with van der Waals surface area (Å²) in [4.78, 5) is 35.5. The van der Waals surface area contributed by atoms with Gasteiger partial charge < -0.3 is 9.55 Å². The lowest BCUT2D eigenvalue weighted by Gasteiger charge is -2.11. The van der Waals surface area contributed by atoms with Crippen molar-refractivity contribution in [3.05, 3.63) is 35.9 Å². The minimum atomic E-state index is -0.121. The summed E-state index contributed by atoms with van der Waals surface area (Å²) >= 11 is 0. The molecule has 0 saturated carbocycles. The average molecular weight is 316 g/mol. The number of ketones is 2. The van der Waals surface area contributed by atoms with Crippen molar-refractivity contribution in [3.8, 4) is 0 Å². The van der Waals surface area contributed by atoms with E-state index < -0.39 is 0 Å². The van der Waals surface area contributed by atoms with E-state index in [1.807, 2.05) is 32.4 Å². The standard InChI is InChI=1S/C17H24N4O2/c1-11(2)14(22)9-17-20-10-13(21(17)4)7-12(3)15(23)8-16-18-5-6-19-16/h5-6,10-12H,7-9H2,1-4H3,(H,18,19). The van der Waals surface area contributed by atoms with Crippen LogP contribution in [0.3, 0.4) is 0 Å². The van der Waals surface area contributed by atoms with Gasteiger partial charge in [0.2, 0.25) is 0 Å². The topological polar surface area (TPSA) is 80.6 Å². The van der Waals surface area contributed by atoms with Gasteiger partial charge in [0.1, 0.15) is 23.2 Å². The first kappa shape index (κ1) is 17.1. The first-order valence-electron chi connectivity index (χ1n) is 7.91. The number of nitrogens with one attached hydrogen (secondary N) is 1. The van der Waals surface area contributed by atoms with Gasteiger partial charge in [-0.15, -0.1) is 0 Å². The molecule has 0 aliphatic heterocycles. The van der Waals surface area contributed by atoms with E-state index in [1.54, 1.807) is 18.6 Å². The van der Waals surface area contributed by atoms with Crippen LogP contribution >= 0.6 is 0 Å². The molecule has 0 bridgehead atoms. The third-order valence-electron chi connectivity index (χ3n) is 4.12. The van der Waals surface area contributed by atoms with Crippen molar-refractivity contribution in [1.29, 1.82) is 0 Å². The third-order valence-corrected chi connectivity index (χ3v) is 4.12. The highest BCUT2D eigenvalue weighted by atomic mass is 16.1. The molecule has 0 aliphatic rings. The molecule has 0 aromatic carbocycles. The molecule has 124 valence electrons. The van der Waals surface area contributed by atoms with Crippen molar-refractivity contribution < 1.29 is 9.59 Å². The monoisotopic (exact) mass is 316 g/mol. The Morgan fingerprint density at radius 1 is 1.17 bits per heavy atom. The van der Waals surface area contributed by atoms with Gasteiger partial charge in [0, 0.05) is 43.2 Å². The van der Waals surface area contributed by atoms with E-state index in [9.17, 15) is 9.59 Å². The summed E-state index contributed by atoms with van der Waals surface area (Å²) in [6.07, 6.45) is 6.38. The van der Waals surface area contributed by atoms with E-state index in [1.165, 1.54) is 0 Å². The van der Waals surface area contributed by atoms with Crippen LogP contribution in [0.5, 0.6) is 0 Å². The second-order valence-corrected chi connectivity index (χ2v) is 6.31. The van der Waals surface area contributed by atoms with E-state index in [-0.39, 0.29) is 23.4 Å². The molecule has 6 heteroatoms. The Balaban J connectivity index is 1.98. The maximum atomic E-state index is 12.3. The van der Waals surface area contributed by atoms with E-state index in [0.29, 0.717) is 25.1 Å². The molecule has 23 heavy (non-hydrogen) atoms. The Labute approximate surface area is 136 Å². The molecule has 0 fully saturated rings. The Morgan fingerprint density at radius 3 is 2.52 bits per heavy atom. The molecule has 0 aliphatic carbocycles. The molecule has 1 N–H and O–H groups in total. The SMILES string of the molecule is CC(C)C(=O)Cc1ncc(CC(C)C(=O)Cc2ncc[nH]2)n1C. The first-order valence-corrected chi connectivity index (χ1v) is 7.91. The summed E-state index contributed by atoms with van der Waals surface area (Å²) in [5.74, 6) is 1.64. The van der Waals surface area contributed by atoms with Crippen molar-refractivity contribution in [3.63, 3.8) is 0 Å². The molecule has 6 nitrogen and oxygen atoms in total. The summed E-state index contributed by atoms with van der Waals surface area (Å²) < 4.78 is 1.93. The highest BCUT2D eigenvalue weighted by Gasteiger charge is 2.19. The highest BCUT2D eigenvalue weighted by molar-refractivity contribution is 5.83.